The third-order valence-electron chi connectivity index (χ3n) is 6.32. The average molecular weight is 344 g/mol. The summed E-state index contributed by atoms with van der Waals surface area (Å²) in [6, 6.07) is 10.7. The molecule has 3 rings (SSSR count). The van der Waals surface area contributed by atoms with E-state index in [1.807, 2.05) is 11.8 Å². The van der Waals surface area contributed by atoms with E-state index in [-0.39, 0.29) is 23.5 Å². The van der Waals surface area contributed by atoms with Crippen molar-refractivity contribution in [3.63, 3.8) is 0 Å². The van der Waals surface area contributed by atoms with Gasteiger partial charge in [0.15, 0.2) is 0 Å². The summed E-state index contributed by atoms with van der Waals surface area (Å²) in [6.45, 7) is 7.93. The molecule has 4 heteroatoms. The lowest BCUT2D eigenvalue weighted by atomic mass is 9.74. The highest BCUT2D eigenvalue weighted by Gasteiger charge is 2.52. The van der Waals surface area contributed by atoms with Crippen molar-refractivity contribution in [1.82, 2.24) is 9.80 Å². The Morgan fingerprint density at radius 1 is 1.20 bits per heavy atom. The van der Waals surface area contributed by atoms with E-state index < -0.39 is 0 Å². The highest BCUT2D eigenvalue weighted by molar-refractivity contribution is 5.74. The van der Waals surface area contributed by atoms with E-state index in [9.17, 15) is 9.90 Å². The first-order chi connectivity index (χ1) is 12.0. The average Bonchev–Trinajstić information content (AvgIpc) is 2.91. The molecule has 1 amide bonds. The van der Waals surface area contributed by atoms with Crippen molar-refractivity contribution in [2.45, 2.75) is 51.5 Å². The largest absolute Gasteiger partial charge is 0.394 e. The van der Waals surface area contributed by atoms with Gasteiger partial charge >= 0.3 is 0 Å². The fourth-order valence-corrected chi connectivity index (χ4v) is 4.86. The van der Waals surface area contributed by atoms with Gasteiger partial charge in [-0.3, -0.25) is 4.79 Å². The smallest absolute Gasteiger partial charge is 0.219 e. The molecule has 0 aromatic heterocycles. The Bertz CT molecular complexity index is 581. The molecule has 0 radical (unpaired) electrons. The fourth-order valence-electron chi connectivity index (χ4n) is 4.86. The van der Waals surface area contributed by atoms with Gasteiger partial charge in [0.1, 0.15) is 0 Å². The fraction of sp³-hybridized carbons (Fsp3) is 0.667. The lowest BCUT2D eigenvalue weighted by molar-refractivity contribution is -0.134. The Morgan fingerprint density at radius 3 is 2.44 bits per heavy atom. The summed E-state index contributed by atoms with van der Waals surface area (Å²) in [6.07, 6.45) is 5.55. The van der Waals surface area contributed by atoms with E-state index >= 15 is 0 Å². The van der Waals surface area contributed by atoms with Crippen LogP contribution in [0.5, 0.6) is 0 Å². The van der Waals surface area contributed by atoms with Gasteiger partial charge in [0.2, 0.25) is 5.91 Å². The number of carbonyl (C=O) groups is 1. The SMILES string of the molecule is CC(=O)N1CC2(CCN(CCCc3ccccc3)CC2)C[C@]1(C)CO. The number of hydrogen-bond acceptors (Lipinski definition) is 3. The third kappa shape index (κ3) is 4.06. The van der Waals surface area contributed by atoms with E-state index in [4.69, 9.17) is 0 Å². The van der Waals surface area contributed by atoms with Gasteiger partial charge in [-0.2, -0.15) is 0 Å². The second kappa shape index (κ2) is 7.46. The summed E-state index contributed by atoms with van der Waals surface area (Å²) in [5.41, 5.74) is 1.25. The van der Waals surface area contributed by atoms with Gasteiger partial charge in [-0.15, -0.1) is 0 Å². The molecule has 2 aliphatic heterocycles. The molecule has 138 valence electrons. The molecular weight excluding hydrogens is 312 g/mol. The van der Waals surface area contributed by atoms with Crippen molar-refractivity contribution in [2.75, 3.05) is 32.8 Å². The monoisotopic (exact) mass is 344 g/mol. The van der Waals surface area contributed by atoms with Crippen LogP contribution in [0.25, 0.3) is 0 Å². The quantitative estimate of drug-likeness (QED) is 0.893. The van der Waals surface area contributed by atoms with Crippen molar-refractivity contribution in [2.24, 2.45) is 5.41 Å². The Hall–Kier alpha value is -1.39. The predicted molar refractivity (Wildman–Crippen MR) is 100 cm³/mol. The van der Waals surface area contributed by atoms with Crippen molar-refractivity contribution < 1.29 is 9.90 Å². The lowest BCUT2D eigenvalue weighted by Gasteiger charge is -2.39. The summed E-state index contributed by atoms with van der Waals surface area (Å²) < 4.78 is 0. The van der Waals surface area contributed by atoms with Crippen LogP contribution in [0, 0.1) is 5.41 Å². The predicted octanol–water partition coefficient (Wildman–Crippen LogP) is 2.70. The number of aliphatic hydroxyl groups is 1. The maximum atomic E-state index is 12.0. The molecule has 4 nitrogen and oxygen atoms in total. The van der Waals surface area contributed by atoms with Gasteiger partial charge < -0.3 is 14.9 Å². The number of aliphatic hydroxyl groups excluding tert-OH is 1. The molecule has 0 saturated carbocycles. The van der Waals surface area contributed by atoms with E-state index in [0.29, 0.717) is 0 Å². The highest BCUT2D eigenvalue weighted by atomic mass is 16.3. The van der Waals surface area contributed by atoms with Crippen LogP contribution >= 0.6 is 0 Å². The Labute approximate surface area is 151 Å². The molecule has 0 aliphatic carbocycles. The maximum Gasteiger partial charge on any atom is 0.219 e. The number of piperidine rings is 1. The minimum Gasteiger partial charge on any atom is -0.394 e. The Kier molecular flexibility index (Phi) is 5.49. The molecule has 1 aromatic carbocycles. The maximum absolute atomic E-state index is 12.0. The van der Waals surface area contributed by atoms with Crippen LogP contribution in [0.1, 0.15) is 45.1 Å². The molecule has 1 N–H and O–H groups in total. The molecule has 2 fully saturated rings. The lowest BCUT2D eigenvalue weighted by Crippen LogP contribution is -2.46. The number of likely N-dealkylation sites (tertiary alicyclic amines) is 2. The first-order valence-corrected chi connectivity index (χ1v) is 9.62. The third-order valence-corrected chi connectivity index (χ3v) is 6.32. The highest BCUT2D eigenvalue weighted by Crippen LogP contribution is 2.47. The zero-order chi connectivity index (χ0) is 17.9. The second-order valence-corrected chi connectivity index (χ2v) is 8.37. The van der Waals surface area contributed by atoms with Crippen LogP contribution in [0.2, 0.25) is 0 Å². The van der Waals surface area contributed by atoms with Gasteiger partial charge in [0, 0.05) is 13.5 Å². The minimum atomic E-state index is -0.374. The molecule has 2 aliphatic rings. The zero-order valence-electron chi connectivity index (χ0n) is 15.7. The van der Waals surface area contributed by atoms with Crippen LogP contribution in [0.15, 0.2) is 30.3 Å². The number of carbonyl (C=O) groups excluding carboxylic acids is 1. The van der Waals surface area contributed by atoms with Crippen molar-refractivity contribution >= 4 is 5.91 Å². The first kappa shape index (κ1) is 18.4. The van der Waals surface area contributed by atoms with Crippen LogP contribution in [0.4, 0.5) is 0 Å². The van der Waals surface area contributed by atoms with Crippen LogP contribution in [0.3, 0.4) is 0 Å². The van der Waals surface area contributed by atoms with Crippen LogP contribution in [-0.2, 0) is 11.2 Å². The molecular formula is C21H32N2O2. The first-order valence-electron chi connectivity index (χ1n) is 9.62. The van der Waals surface area contributed by atoms with Gasteiger partial charge in [0.05, 0.1) is 12.1 Å². The number of benzene rings is 1. The molecule has 2 heterocycles. The van der Waals surface area contributed by atoms with Crippen LogP contribution < -0.4 is 0 Å². The molecule has 1 spiro atoms. The number of aryl methyl sites for hydroxylation is 1. The summed E-state index contributed by atoms with van der Waals surface area (Å²) >= 11 is 0. The molecule has 2 saturated heterocycles. The van der Waals surface area contributed by atoms with Crippen molar-refractivity contribution in [3.05, 3.63) is 35.9 Å². The summed E-state index contributed by atoms with van der Waals surface area (Å²) in [4.78, 5) is 16.5. The van der Waals surface area contributed by atoms with Gasteiger partial charge in [0.25, 0.3) is 0 Å². The zero-order valence-corrected chi connectivity index (χ0v) is 15.7. The number of amides is 1. The summed E-state index contributed by atoms with van der Waals surface area (Å²) in [7, 11) is 0. The minimum absolute atomic E-state index is 0.0646. The number of rotatable bonds is 5. The Balaban J connectivity index is 1.49. The Morgan fingerprint density at radius 2 is 1.88 bits per heavy atom. The summed E-state index contributed by atoms with van der Waals surface area (Å²) in [5, 5.41) is 9.83. The van der Waals surface area contributed by atoms with Crippen molar-refractivity contribution in [3.8, 4) is 0 Å². The summed E-state index contributed by atoms with van der Waals surface area (Å²) in [5.74, 6) is 0.0960. The molecule has 1 aromatic rings. The number of hydrogen-bond donors (Lipinski definition) is 1. The topological polar surface area (TPSA) is 43.8 Å². The molecule has 0 unspecified atom stereocenters. The van der Waals surface area contributed by atoms with Gasteiger partial charge in [-0.05, 0) is 69.6 Å². The van der Waals surface area contributed by atoms with E-state index in [1.165, 1.54) is 12.0 Å². The second-order valence-electron chi connectivity index (χ2n) is 8.37. The van der Waals surface area contributed by atoms with Gasteiger partial charge in [-0.1, -0.05) is 30.3 Å². The van der Waals surface area contributed by atoms with Crippen molar-refractivity contribution in [1.29, 1.82) is 0 Å². The standard InChI is InChI=1S/C21H32N2O2/c1-18(25)23-16-21(15-20(23,2)17-24)10-13-22(14-11-21)12-6-9-19-7-4-3-5-8-19/h3-5,7-8,24H,6,9-17H2,1-2H3/t20-/m1/s1. The van der Waals surface area contributed by atoms with Gasteiger partial charge in [-0.25, -0.2) is 0 Å². The van der Waals surface area contributed by atoms with E-state index in [2.05, 4.69) is 35.2 Å². The van der Waals surface area contributed by atoms with E-state index in [0.717, 1.165) is 51.9 Å². The van der Waals surface area contributed by atoms with E-state index in [1.54, 1.807) is 6.92 Å². The molecule has 0 bridgehead atoms. The normalized spacial score (nSPS) is 26.3. The molecule has 1 atom stereocenters. The van der Waals surface area contributed by atoms with Crippen LogP contribution in [-0.4, -0.2) is 59.1 Å². The number of nitrogens with zero attached hydrogens (tertiary/aromatic N) is 2. The molecule has 25 heavy (non-hydrogen) atoms.